The molecular weight excluding hydrogens is 444 g/mol. The summed E-state index contributed by atoms with van der Waals surface area (Å²) in [5.74, 6) is -2.54. The molecule has 0 bridgehead atoms. The Kier molecular flexibility index (Phi) is 9.41. The van der Waals surface area contributed by atoms with Gasteiger partial charge in [0.2, 0.25) is 5.91 Å². The summed E-state index contributed by atoms with van der Waals surface area (Å²) < 4.78 is 0.818. The molecule has 0 aliphatic rings. The molecule has 2 aromatic rings. The highest BCUT2D eigenvalue weighted by atomic mass is 79.9. The van der Waals surface area contributed by atoms with Gasteiger partial charge in [0.1, 0.15) is 0 Å². The number of nitrogens with one attached hydrogen (secondary N) is 2. The summed E-state index contributed by atoms with van der Waals surface area (Å²) in [6.07, 6.45) is 3.36. The fourth-order valence-corrected chi connectivity index (χ4v) is 3.09. The fourth-order valence-electron chi connectivity index (χ4n) is 2.70. The molecule has 0 saturated heterocycles. The van der Waals surface area contributed by atoms with Crippen LogP contribution < -0.4 is 20.8 Å². The average molecular weight is 468 g/mol. The summed E-state index contributed by atoms with van der Waals surface area (Å²) >= 11 is 9.11. The third-order valence-corrected chi connectivity index (χ3v) is 5.09. The second-order valence-electron chi connectivity index (χ2n) is 6.59. The molecule has 152 valence electrons. The first-order valence-corrected chi connectivity index (χ1v) is 10.5. The number of carbonyl (C=O) groups is 1. The van der Waals surface area contributed by atoms with E-state index in [1.54, 1.807) is 12.1 Å². The Bertz CT molecular complexity index is 736. The third kappa shape index (κ3) is 8.29. The van der Waals surface area contributed by atoms with Gasteiger partial charge in [-0.15, -0.1) is 5.91 Å². The minimum Gasteiger partial charge on any atom is -0.848 e. The SMILES string of the molecule is O=C(CCCCCNC([O-])([O-])c1ccc(Br)cc1)NCCc1ccc(Cl)cc1. The van der Waals surface area contributed by atoms with Crippen molar-refractivity contribution < 1.29 is 15.0 Å². The number of benzene rings is 2. The van der Waals surface area contributed by atoms with Crippen molar-refractivity contribution in [2.45, 2.75) is 38.0 Å². The molecule has 2 aromatic carbocycles. The Hall–Kier alpha value is -1.44. The van der Waals surface area contributed by atoms with Gasteiger partial charge in [0.15, 0.2) is 0 Å². The van der Waals surface area contributed by atoms with Crippen LogP contribution in [0.25, 0.3) is 0 Å². The van der Waals surface area contributed by atoms with E-state index < -0.39 is 5.91 Å². The second kappa shape index (κ2) is 11.5. The van der Waals surface area contributed by atoms with E-state index in [2.05, 4.69) is 26.6 Å². The Labute approximate surface area is 179 Å². The minimum absolute atomic E-state index is 0.0128. The molecule has 0 aliphatic heterocycles. The van der Waals surface area contributed by atoms with Crippen LogP contribution in [-0.4, -0.2) is 19.0 Å². The molecule has 0 saturated carbocycles. The van der Waals surface area contributed by atoms with Crippen molar-refractivity contribution in [1.29, 1.82) is 0 Å². The van der Waals surface area contributed by atoms with Gasteiger partial charge in [-0.3, -0.25) is 4.79 Å². The summed E-state index contributed by atoms with van der Waals surface area (Å²) in [4.78, 5) is 11.8. The largest absolute Gasteiger partial charge is 0.848 e. The van der Waals surface area contributed by atoms with Crippen LogP contribution in [-0.2, 0) is 17.1 Å². The standard InChI is InChI=1S/C21H24BrClN2O3/c22-18-9-7-17(8-10-18)21(27,28)25-14-3-1-2-4-20(26)24-15-13-16-5-11-19(23)12-6-16/h5-12,25H,1-4,13-15H2,(H,24,26)/q-2. The van der Waals surface area contributed by atoms with Gasteiger partial charge < -0.3 is 20.8 Å². The first kappa shape index (κ1) is 22.8. The maximum atomic E-state index is 12.1. The summed E-state index contributed by atoms with van der Waals surface area (Å²) in [6.45, 7) is 0.908. The van der Waals surface area contributed by atoms with Gasteiger partial charge in [-0.05, 0) is 55.6 Å². The molecule has 2 rings (SSSR count). The van der Waals surface area contributed by atoms with Crippen LogP contribution in [0.4, 0.5) is 0 Å². The van der Waals surface area contributed by atoms with Crippen LogP contribution in [0.3, 0.4) is 0 Å². The maximum Gasteiger partial charge on any atom is 0.220 e. The van der Waals surface area contributed by atoms with E-state index in [1.807, 2.05) is 24.3 Å². The van der Waals surface area contributed by atoms with Gasteiger partial charge in [0, 0.05) is 22.5 Å². The molecule has 0 spiro atoms. The molecule has 7 heteroatoms. The molecule has 0 unspecified atom stereocenters. The van der Waals surface area contributed by atoms with Gasteiger partial charge in [-0.1, -0.05) is 63.8 Å². The highest BCUT2D eigenvalue weighted by Crippen LogP contribution is 2.15. The Balaban J connectivity index is 1.54. The molecule has 0 aromatic heterocycles. The van der Waals surface area contributed by atoms with Crippen LogP contribution in [0.15, 0.2) is 53.0 Å². The molecule has 1 amide bonds. The first-order valence-electron chi connectivity index (χ1n) is 9.30. The predicted octanol–water partition coefficient (Wildman–Crippen LogP) is 2.44. The molecule has 0 aliphatic carbocycles. The van der Waals surface area contributed by atoms with E-state index >= 15 is 0 Å². The zero-order valence-electron chi connectivity index (χ0n) is 15.5. The highest BCUT2D eigenvalue weighted by molar-refractivity contribution is 9.10. The van der Waals surface area contributed by atoms with E-state index in [-0.39, 0.29) is 11.5 Å². The zero-order chi connectivity index (χ0) is 20.4. The van der Waals surface area contributed by atoms with Crippen LogP contribution in [0.1, 0.15) is 36.8 Å². The van der Waals surface area contributed by atoms with Crippen molar-refractivity contribution in [3.05, 3.63) is 69.2 Å². The van der Waals surface area contributed by atoms with Crippen molar-refractivity contribution in [3.8, 4) is 0 Å². The van der Waals surface area contributed by atoms with E-state index in [4.69, 9.17) is 11.6 Å². The zero-order valence-corrected chi connectivity index (χ0v) is 17.9. The Morgan fingerprint density at radius 3 is 2.32 bits per heavy atom. The second-order valence-corrected chi connectivity index (χ2v) is 7.94. The highest BCUT2D eigenvalue weighted by Gasteiger charge is 2.05. The van der Waals surface area contributed by atoms with Crippen molar-refractivity contribution in [2.75, 3.05) is 13.1 Å². The van der Waals surface area contributed by atoms with Crippen LogP contribution >= 0.6 is 27.5 Å². The van der Waals surface area contributed by atoms with Gasteiger partial charge in [0.05, 0.1) is 0 Å². The molecule has 0 heterocycles. The van der Waals surface area contributed by atoms with Crippen molar-refractivity contribution in [1.82, 2.24) is 10.6 Å². The maximum absolute atomic E-state index is 12.1. The average Bonchev–Trinajstić information content (AvgIpc) is 2.66. The van der Waals surface area contributed by atoms with Crippen LogP contribution in [0.5, 0.6) is 0 Å². The number of halogens is 2. The van der Waals surface area contributed by atoms with Crippen molar-refractivity contribution in [3.63, 3.8) is 0 Å². The molecule has 0 atom stereocenters. The molecule has 0 radical (unpaired) electrons. The number of amides is 1. The van der Waals surface area contributed by atoms with Crippen molar-refractivity contribution >= 4 is 33.4 Å². The van der Waals surface area contributed by atoms with Crippen molar-refractivity contribution in [2.24, 2.45) is 0 Å². The van der Waals surface area contributed by atoms with E-state index in [1.165, 1.54) is 12.1 Å². The van der Waals surface area contributed by atoms with Crippen LogP contribution in [0.2, 0.25) is 5.02 Å². The Morgan fingerprint density at radius 2 is 1.64 bits per heavy atom. The molecular formula is C21H24BrClN2O3-2. The molecule has 0 fully saturated rings. The normalized spacial score (nSPS) is 11.4. The molecule has 28 heavy (non-hydrogen) atoms. The van der Waals surface area contributed by atoms with E-state index in [0.29, 0.717) is 31.0 Å². The lowest BCUT2D eigenvalue weighted by atomic mass is 10.1. The topological polar surface area (TPSA) is 87.2 Å². The number of carbonyl (C=O) groups excluding carboxylic acids is 1. The van der Waals surface area contributed by atoms with Gasteiger partial charge >= 0.3 is 0 Å². The van der Waals surface area contributed by atoms with Gasteiger partial charge in [-0.2, -0.15) is 0 Å². The number of unbranched alkanes of at least 4 members (excludes halogenated alkanes) is 2. The van der Waals surface area contributed by atoms with E-state index in [9.17, 15) is 15.0 Å². The monoisotopic (exact) mass is 466 g/mol. The van der Waals surface area contributed by atoms with Crippen LogP contribution in [0, 0.1) is 0 Å². The predicted molar refractivity (Wildman–Crippen MR) is 110 cm³/mol. The summed E-state index contributed by atoms with van der Waals surface area (Å²) in [7, 11) is 0. The summed E-state index contributed by atoms with van der Waals surface area (Å²) in [5, 5.41) is 30.2. The summed E-state index contributed by atoms with van der Waals surface area (Å²) in [6, 6.07) is 13.9. The number of hydrogen-bond donors (Lipinski definition) is 2. The van der Waals surface area contributed by atoms with Gasteiger partial charge in [0.25, 0.3) is 0 Å². The van der Waals surface area contributed by atoms with E-state index in [0.717, 1.165) is 29.3 Å². The van der Waals surface area contributed by atoms with Gasteiger partial charge in [-0.25, -0.2) is 0 Å². The first-order chi connectivity index (χ1) is 13.4. The fraction of sp³-hybridized carbons (Fsp3) is 0.381. The lowest BCUT2D eigenvalue weighted by Gasteiger charge is -2.50. The summed E-state index contributed by atoms with van der Waals surface area (Å²) in [5.41, 5.74) is 1.29. The minimum atomic E-state index is -2.56. The molecule has 2 N–H and O–H groups in total. The number of hydrogen-bond acceptors (Lipinski definition) is 4. The number of rotatable bonds is 11. The molecule has 5 nitrogen and oxygen atoms in total. The quantitative estimate of drug-likeness (QED) is 0.392. The lowest BCUT2D eigenvalue weighted by molar-refractivity contribution is -0.744. The third-order valence-electron chi connectivity index (χ3n) is 4.31. The Morgan fingerprint density at radius 1 is 0.964 bits per heavy atom. The lowest BCUT2D eigenvalue weighted by Crippen LogP contribution is -2.63. The smallest absolute Gasteiger partial charge is 0.220 e.